The Morgan fingerprint density at radius 1 is 1.31 bits per heavy atom. The minimum Gasteiger partial charge on any atom is -0.379 e. The Balaban J connectivity index is 2.30. The minimum absolute atomic E-state index is 0.190. The van der Waals surface area contributed by atoms with Gasteiger partial charge in [0.2, 0.25) is 0 Å². The van der Waals surface area contributed by atoms with Crippen molar-refractivity contribution < 1.29 is 4.74 Å². The fourth-order valence-corrected chi connectivity index (χ4v) is 2.36. The van der Waals surface area contributed by atoms with Gasteiger partial charge in [0.05, 0.1) is 13.2 Å². The molecule has 78 valence electrons. The molecule has 1 atom stereocenters. The van der Waals surface area contributed by atoms with Gasteiger partial charge in [-0.2, -0.15) is 0 Å². The lowest BCUT2D eigenvalue weighted by Gasteiger charge is -2.30. The van der Waals surface area contributed by atoms with Crippen LogP contribution in [0.1, 0.15) is 6.92 Å². The van der Waals surface area contributed by atoms with Crippen LogP contribution >= 0.6 is 33.2 Å². The molecule has 6 heteroatoms. The molecule has 0 aromatic rings. The van der Waals surface area contributed by atoms with Crippen LogP contribution in [0.15, 0.2) is 0 Å². The molecule has 0 amide bonds. The molecular weight excluding hydrogens is 249 g/mol. The summed E-state index contributed by atoms with van der Waals surface area (Å²) in [4.78, 5) is 2.29. The Kier molecular flexibility index (Phi) is 4.82. The van der Waals surface area contributed by atoms with Crippen LogP contribution in [0.2, 0.25) is 5.54 Å². The summed E-state index contributed by atoms with van der Waals surface area (Å²) in [5, 5.41) is 0. The van der Waals surface area contributed by atoms with Gasteiger partial charge >= 0.3 is 6.00 Å². The van der Waals surface area contributed by atoms with Crippen LogP contribution in [0.3, 0.4) is 0 Å². The van der Waals surface area contributed by atoms with Crippen molar-refractivity contribution >= 4 is 39.2 Å². The highest BCUT2D eigenvalue weighted by molar-refractivity contribution is 7.65. The third-order valence-corrected chi connectivity index (χ3v) is 6.85. The van der Waals surface area contributed by atoms with Gasteiger partial charge in [-0.1, -0.05) is 6.92 Å². The molecule has 0 radical (unpaired) electrons. The highest BCUT2D eigenvalue weighted by Gasteiger charge is 2.34. The molecule has 0 N–H and O–H groups in total. The molecule has 2 nitrogen and oxygen atoms in total. The first kappa shape index (κ1) is 12.1. The predicted octanol–water partition coefficient (Wildman–Crippen LogP) is 2.36. The van der Waals surface area contributed by atoms with Crippen LogP contribution in [-0.4, -0.2) is 43.8 Å². The van der Waals surface area contributed by atoms with Crippen LogP contribution in [0.4, 0.5) is 0 Å². The first-order valence-corrected chi connectivity index (χ1v) is 9.48. The second-order valence-corrected chi connectivity index (χ2v) is 12.5. The number of hydrogen-bond acceptors (Lipinski definition) is 2. The van der Waals surface area contributed by atoms with E-state index in [1.54, 1.807) is 0 Å². The summed E-state index contributed by atoms with van der Waals surface area (Å²) < 4.78 is 5.24. The molecule has 0 saturated carbocycles. The van der Waals surface area contributed by atoms with Gasteiger partial charge in [-0.15, -0.1) is 33.2 Å². The molecule has 1 saturated heterocycles. The lowest BCUT2D eigenvalue weighted by molar-refractivity contribution is 0.0380. The lowest BCUT2D eigenvalue weighted by Crippen LogP contribution is -2.40. The van der Waals surface area contributed by atoms with Gasteiger partial charge in [-0.25, -0.2) is 0 Å². The third-order valence-electron chi connectivity index (χ3n) is 2.19. The molecule has 1 fully saturated rings. The van der Waals surface area contributed by atoms with Crippen LogP contribution in [0.5, 0.6) is 0 Å². The maximum atomic E-state index is 5.91. The average Bonchev–Trinajstić information content (AvgIpc) is 2.04. The predicted molar refractivity (Wildman–Crippen MR) is 60.0 cm³/mol. The maximum absolute atomic E-state index is 5.91. The molecule has 1 rings (SSSR count). The Bertz CT molecular complexity index is 158. The van der Waals surface area contributed by atoms with E-state index in [2.05, 4.69) is 4.90 Å². The maximum Gasteiger partial charge on any atom is 0.345 e. The van der Waals surface area contributed by atoms with Crippen LogP contribution in [-0.2, 0) is 4.74 Å². The van der Waals surface area contributed by atoms with Crippen molar-refractivity contribution in [2.75, 3.05) is 32.8 Å². The van der Waals surface area contributed by atoms with Gasteiger partial charge in [-0.05, 0) is 0 Å². The topological polar surface area (TPSA) is 12.5 Å². The highest BCUT2D eigenvalue weighted by atomic mass is 35.8. The van der Waals surface area contributed by atoms with Gasteiger partial charge in [0.15, 0.2) is 0 Å². The van der Waals surface area contributed by atoms with E-state index in [9.17, 15) is 0 Å². The largest absolute Gasteiger partial charge is 0.379 e. The summed E-state index contributed by atoms with van der Waals surface area (Å²) in [6.45, 7) is 6.40. The van der Waals surface area contributed by atoms with Crippen LogP contribution in [0.25, 0.3) is 0 Å². The van der Waals surface area contributed by atoms with Crippen molar-refractivity contribution in [2.24, 2.45) is 0 Å². The molecule has 1 aliphatic heterocycles. The van der Waals surface area contributed by atoms with E-state index in [0.29, 0.717) is 0 Å². The second-order valence-electron chi connectivity index (χ2n) is 3.36. The van der Waals surface area contributed by atoms with E-state index < -0.39 is 6.00 Å². The minimum atomic E-state index is -2.51. The van der Waals surface area contributed by atoms with Gasteiger partial charge in [0, 0.05) is 25.2 Å². The fraction of sp³-hybridized carbons (Fsp3) is 1.00. The van der Waals surface area contributed by atoms with Gasteiger partial charge in [0.25, 0.3) is 0 Å². The summed E-state index contributed by atoms with van der Waals surface area (Å²) in [6.07, 6.45) is 0. The smallest absolute Gasteiger partial charge is 0.345 e. The monoisotopic (exact) mass is 261 g/mol. The number of morpholine rings is 1. The number of rotatable bonds is 3. The van der Waals surface area contributed by atoms with Gasteiger partial charge in [-0.3, -0.25) is 4.90 Å². The Morgan fingerprint density at radius 3 is 2.31 bits per heavy atom. The van der Waals surface area contributed by atoms with Crippen LogP contribution in [0, 0.1) is 0 Å². The number of nitrogens with zero attached hydrogens (tertiary/aromatic N) is 1. The number of hydrogen-bond donors (Lipinski definition) is 0. The van der Waals surface area contributed by atoms with E-state index in [4.69, 9.17) is 38.0 Å². The molecule has 1 heterocycles. The molecule has 0 bridgehead atoms. The molecule has 0 aromatic heterocycles. The third kappa shape index (κ3) is 4.36. The molecular formula is C7H14Cl3NOSi. The number of halogens is 3. The van der Waals surface area contributed by atoms with Crippen molar-refractivity contribution in [1.82, 2.24) is 4.90 Å². The molecule has 1 unspecified atom stereocenters. The van der Waals surface area contributed by atoms with Gasteiger partial charge < -0.3 is 4.74 Å². The summed E-state index contributed by atoms with van der Waals surface area (Å²) in [7, 11) is 0. The summed E-state index contributed by atoms with van der Waals surface area (Å²) >= 11 is 17.7. The van der Waals surface area contributed by atoms with Crippen molar-refractivity contribution in [2.45, 2.75) is 12.5 Å². The van der Waals surface area contributed by atoms with E-state index in [1.807, 2.05) is 6.92 Å². The second kappa shape index (κ2) is 5.19. The normalized spacial score (nSPS) is 23.1. The zero-order valence-electron chi connectivity index (χ0n) is 7.60. The zero-order chi connectivity index (χ0) is 9.90. The first-order chi connectivity index (χ1) is 6.00. The standard InChI is InChI=1S/C7H14Cl3NOSi/c1-7(13(8,9)10)6-11-2-4-12-5-3-11/h7H,2-6H2,1H3. The Labute approximate surface area is 94.2 Å². The summed E-state index contributed by atoms with van der Waals surface area (Å²) in [6, 6.07) is -2.51. The molecule has 13 heavy (non-hydrogen) atoms. The van der Waals surface area contributed by atoms with Crippen molar-refractivity contribution in [3.63, 3.8) is 0 Å². The van der Waals surface area contributed by atoms with Crippen molar-refractivity contribution in [1.29, 1.82) is 0 Å². The fourth-order valence-electron chi connectivity index (χ4n) is 1.27. The summed E-state index contributed by atoms with van der Waals surface area (Å²) in [5.74, 6) is 0. The van der Waals surface area contributed by atoms with Crippen LogP contribution < -0.4 is 0 Å². The molecule has 1 aliphatic rings. The Hall–Kier alpha value is 1.01. The Morgan fingerprint density at radius 2 is 1.85 bits per heavy atom. The SMILES string of the molecule is CC(CN1CCOCC1)[Si](Cl)(Cl)Cl. The van der Waals surface area contributed by atoms with E-state index in [0.717, 1.165) is 32.8 Å². The quantitative estimate of drug-likeness (QED) is 0.572. The average molecular weight is 263 g/mol. The number of ether oxygens (including phenoxy) is 1. The summed E-state index contributed by atoms with van der Waals surface area (Å²) in [5.41, 5.74) is 0.190. The van der Waals surface area contributed by atoms with Crippen molar-refractivity contribution in [3.05, 3.63) is 0 Å². The molecule has 0 spiro atoms. The first-order valence-electron chi connectivity index (χ1n) is 4.37. The lowest BCUT2D eigenvalue weighted by atomic mass is 10.3. The highest BCUT2D eigenvalue weighted by Crippen LogP contribution is 2.33. The van der Waals surface area contributed by atoms with E-state index >= 15 is 0 Å². The molecule has 0 aliphatic carbocycles. The van der Waals surface area contributed by atoms with E-state index in [-0.39, 0.29) is 5.54 Å². The van der Waals surface area contributed by atoms with Gasteiger partial charge in [0.1, 0.15) is 0 Å². The zero-order valence-corrected chi connectivity index (χ0v) is 10.9. The molecule has 0 aromatic carbocycles. The van der Waals surface area contributed by atoms with Crippen molar-refractivity contribution in [3.8, 4) is 0 Å². The van der Waals surface area contributed by atoms with E-state index in [1.165, 1.54) is 0 Å².